The lowest BCUT2D eigenvalue weighted by atomic mass is 10.1. The molecule has 1 aromatic carbocycles. The molecule has 0 aliphatic rings. The standard InChI is InChI=1S/C13H14N2O/c1-3-15-13(8-11(9-16)14-15)12-7-5-4-6-10(12)2/h4-9H,3H2,1-2H3. The van der Waals surface area contributed by atoms with E-state index >= 15 is 0 Å². The van der Waals surface area contributed by atoms with E-state index in [1.165, 1.54) is 5.56 Å². The second kappa shape index (κ2) is 4.31. The van der Waals surface area contributed by atoms with Gasteiger partial charge in [-0.3, -0.25) is 9.48 Å². The summed E-state index contributed by atoms with van der Waals surface area (Å²) in [5.41, 5.74) is 3.81. The lowest BCUT2D eigenvalue weighted by molar-refractivity contribution is 0.111. The molecule has 82 valence electrons. The van der Waals surface area contributed by atoms with Crippen molar-refractivity contribution in [2.24, 2.45) is 0 Å². The molecular formula is C13H14N2O. The molecule has 0 spiro atoms. The third-order valence-corrected chi connectivity index (χ3v) is 2.64. The van der Waals surface area contributed by atoms with Crippen molar-refractivity contribution in [2.45, 2.75) is 20.4 Å². The fourth-order valence-corrected chi connectivity index (χ4v) is 1.81. The van der Waals surface area contributed by atoms with Gasteiger partial charge in [-0.05, 0) is 25.5 Å². The molecule has 2 aromatic rings. The Kier molecular flexibility index (Phi) is 2.86. The second-order valence-electron chi connectivity index (χ2n) is 3.70. The van der Waals surface area contributed by atoms with E-state index in [1.54, 1.807) is 0 Å². The van der Waals surface area contributed by atoms with Crippen molar-refractivity contribution >= 4 is 6.29 Å². The van der Waals surface area contributed by atoms with E-state index in [1.807, 2.05) is 35.9 Å². The first-order valence-electron chi connectivity index (χ1n) is 5.35. The minimum atomic E-state index is 0.486. The monoisotopic (exact) mass is 214 g/mol. The Morgan fingerprint density at radius 2 is 2.12 bits per heavy atom. The molecule has 0 fully saturated rings. The molecule has 16 heavy (non-hydrogen) atoms. The maximum absolute atomic E-state index is 10.7. The van der Waals surface area contributed by atoms with Gasteiger partial charge in [0.2, 0.25) is 0 Å². The van der Waals surface area contributed by atoms with Crippen LogP contribution in [0.5, 0.6) is 0 Å². The zero-order valence-electron chi connectivity index (χ0n) is 9.47. The van der Waals surface area contributed by atoms with Crippen LogP contribution in [-0.2, 0) is 6.54 Å². The molecule has 3 nitrogen and oxygen atoms in total. The zero-order chi connectivity index (χ0) is 11.5. The van der Waals surface area contributed by atoms with Gasteiger partial charge in [-0.2, -0.15) is 5.10 Å². The number of hydrogen-bond donors (Lipinski definition) is 0. The fraction of sp³-hybridized carbons (Fsp3) is 0.231. The number of rotatable bonds is 3. The summed E-state index contributed by atoms with van der Waals surface area (Å²) in [5.74, 6) is 0. The van der Waals surface area contributed by atoms with Crippen molar-refractivity contribution in [1.29, 1.82) is 0 Å². The van der Waals surface area contributed by atoms with Crippen molar-refractivity contribution in [3.8, 4) is 11.3 Å². The van der Waals surface area contributed by atoms with E-state index in [4.69, 9.17) is 0 Å². The molecule has 1 aromatic heterocycles. The second-order valence-corrected chi connectivity index (χ2v) is 3.70. The lowest BCUT2D eigenvalue weighted by Crippen LogP contribution is -2.00. The average molecular weight is 214 g/mol. The number of aldehydes is 1. The number of aromatic nitrogens is 2. The largest absolute Gasteiger partial charge is 0.296 e. The molecule has 0 unspecified atom stereocenters. The molecule has 3 heteroatoms. The molecule has 2 rings (SSSR count). The number of carbonyl (C=O) groups is 1. The van der Waals surface area contributed by atoms with Crippen LogP contribution in [0.25, 0.3) is 11.3 Å². The molecule has 0 radical (unpaired) electrons. The highest BCUT2D eigenvalue weighted by Gasteiger charge is 2.09. The predicted octanol–water partition coefficient (Wildman–Crippen LogP) is 2.69. The summed E-state index contributed by atoms with van der Waals surface area (Å²) in [6.45, 7) is 4.84. The van der Waals surface area contributed by atoms with Crippen molar-refractivity contribution in [3.63, 3.8) is 0 Å². The van der Waals surface area contributed by atoms with E-state index < -0.39 is 0 Å². The van der Waals surface area contributed by atoms with Crippen LogP contribution in [0, 0.1) is 6.92 Å². The van der Waals surface area contributed by atoms with Crippen molar-refractivity contribution in [2.75, 3.05) is 0 Å². The topological polar surface area (TPSA) is 34.9 Å². The van der Waals surface area contributed by atoms with E-state index in [2.05, 4.69) is 18.1 Å². The van der Waals surface area contributed by atoms with Crippen LogP contribution in [0.2, 0.25) is 0 Å². The van der Waals surface area contributed by atoms with Gasteiger partial charge in [0.15, 0.2) is 6.29 Å². The molecule has 0 N–H and O–H groups in total. The van der Waals surface area contributed by atoms with Crippen LogP contribution < -0.4 is 0 Å². The number of benzene rings is 1. The van der Waals surface area contributed by atoms with Crippen molar-refractivity contribution < 1.29 is 4.79 Å². The molecular weight excluding hydrogens is 200 g/mol. The van der Waals surface area contributed by atoms with Gasteiger partial charge in [0.25, 0.3) is 0 Å². The number of nitrogens with zero attached hydrogens (tertiary/aromatic N) is 2. The quantitative estimate of drug-likeness (QED) is 0.736. The number of hydrogen-bond acceptors (Lipinski definition) is 2. The predicted molar refractivity (Wildman–Crippen MR) is 63.5 cm³/mol. The maximum Gasteiger partial charge on any atom is 0.170 e. The smallest absolute Gasteiger partial charge is 0.170 e. The van der Waals surface area contributed by atoms with Crippen LogP contribution in [0.15, 0.2) is 30.3 Å². The van der Waals surface area contributed by atoms with Crippen LogP contribution in [0.1, 0.15) is 23.0 Å². The maximum atomic E-state index is 10.7. The van der Waals surface area contributed by atoms with Gasteiger partial charge in [0, 0.05) is 12.1 Å². The summed E-state index contributed by atoms with van der Waals surface area (Å²) < 4.78 is 1.85. The van der Waals surface area contributed by atoms with Gasteiger partial charge in [0.1, 0.15) is 5.69 Å². The summed E-state index contributed by atoms with van der Waals surface area (Å²) in [6, 6.07) is 9.94. The summed E-state index contributed by atoms with van der Waals surface area (Å²) >= 11 is 0. The lowest BCUT2D eigenvalue weighted by Gasteiger charge is -2.07. The van der Waals surface area contributed by atoms with Gasteiger partial charge in [-0.1, -0.05) is 24.3 Å². The average Bonchev–Trinajstić information content (AvgIpc) is 2.72. The summed E-state index contributed by atoms with van der Waals surface area (Å²) in [5, 5.41) is 4.21. The van der Waals surface area contributed by atoms with E-state index in [9.17, 15) is 4.79 Å². The molecule has 1 heterocycles. The molecule has 0 amide bonds. The minimum Gasteiger partial charge on any atom is -0.296 e. The van der Waals surface area contributed by atoms with Crippen LogP contribution in [0.3, 0.4) is 0 Å². The fourth-order valence-electron chi connectivity index (χ4n) is 1.81. The molecule has 0 bridgehead atoms. The highest BCUT2D eigenvalue weighted by atomic mass is 16.1. The number of aryl methyl sites for hydroxylation is 2. The Balaban J connectivity index is 2.59. The molecule has 0 aliphatic carbocycles. The summed E-state index contributed by atoms with van der Waals surface area (Å²) in [7, 11) is 0. The summed E-state index contributed by atoms with van der Waals surface area (Å²) in [6.07, 6.45) is 0.786. The highest BCUT2D eigenvalue weighted by molar-refractivity contribution is 5.76. The van der Waals surface area contributed by atoms with Crippen LogP contribution >= 0.6 is 0 Å². The van der Waals surface area contributed by atoms with Crippen LogP contribution in [-0.4, -0.2) is 16.1 Å². The first-order valence-corrected chi connectivity index (χ1v) is 5.35. The first-order chi connectivity index (χ1) is 7.76. The Labute approximate surface area is 94.7 Å². The Hall–Kier alpha value is -1.90. The van der Waals surface area contributed by atoms with Crippen molar-refractivity contribution in [3.05, 3.63) is 41.6 Å². The third kappa shape index (κ3) is 1.76. The minimum absolute atomic E-state index is 0.486. The Morgan fingerprint density at radius 3 is 2.75 bits per heavy atom. The molecule has 0 saturated carbocycles. The SMILES string of the molecule is CCn1nc(C=O)cc1-c1ccccc1C. The first kappa shape index (κ1) is 10.6. The normalized spacial score (nSPS) is 10.4. The Bertz CT molecular complexity index is 514. The van der Waals surface area contributed by atoms with Gasteiger partial charge >= 0.3 is 0 Å². The van der Waals surface area contributed by atoms with E-state index in [0.29, 0.717) is 5.69 Å². The highest BCUT2D eigenvalue weighted by Crippen LogP contribution is 2.23. The Morgan fingerprint density at radius 1 is 1.38 bits per heavy atom. The van der Waals surface area contributed by atoms with Gasteiger partial charge in [-0.25, -0.2) is 0 Å². The molecule has 0 aliphatic heterocycles. The zero-order valence-corrected chi connectivity index (χ0v) is 9.47. The third-order valence-electron chi connectivity index (χ3n) is 2.64. The number of carbonyl (C=O) groups excluding carboxylic acids is 1. The molecule has 0 saturated heterocycles. The van der Waals surface area contributed by atoms with Crippen molar-refractivity contribution in [1.82, 2.24) is 9.78 Å². The van der Waals surface area contributed by atoms with Gasteiger partial charge < -0.3 is 0 Å². The van der Waals surface area contributed by atoms with E-state index in [0.717, 1.165) is 24.1 Å². The van der Waals surface area contributed by atoms with Gasteiger partial charge in [-0.15, -0.1) is 0 Å². The van der Waals surface area contributed by atoms with E-state index in [-0.39, 0.29) is 0 Å². The van der Waals surface area contributed by atoms with Crippen LogP contribution in [0.4, 0.5) is 0 Å². The summed E-state index contributed by atoms with van der Waals surface area (Å²) in [4.78, 5) is 10.7. The molecule has 0 atom stereocenters. The van der Waals surface area contributed by atoms with Gasteiger partial charge in [0.05, 0.1) is 5.69 Å².